The van der Waals surface area contributed by atoms with Crippen molar-refractivity contribution >= 4 is 39.3 Å². The maximum Gasteiger partial charge on any atom is 0.432 e. The van der Waals surface area contributed by atoms with Gasteiger partial charge in [0.05, 0.1) is 4.90 Å². The van der Waals surface area contributed by atoms with Crippen LogP contribution in [0.1, 0.15) is 12.5 Å². The zero-order chi connectivity index (χ0) is 19.2. The van der Waals surface area contributed by atoms with Crippen LogP contribution in [0.25, 0.3) is 0 Å². The molecule has 0 aliphatic carbocycles. The summed E-state index contributed by atoms with van der Waals surface area (Å²) in [6.07, 6.45) is 1.06. The van der Waals surface area contributed by atoms with Crippen molar-refractivity contribution in [1.82, 2.24) is 10.1 Å². The third-order valence-corrected chi connectivity index (χ3v) is 5.92. The lowest BCUT2D eigenvalue weighted by Crippen LogP contribution is -2.58. The number of nitrogens with zero attached hydrogens (tertiary/aromatic N) is 3. The Labute approximate surface area is 148 Å². The Balaban J connectivity index is 2.65. The number of hydroxylamine groups is 2. The quantitative estimate of drug-likeness (QED) is 0.450. The molecule has 0 spiro atoms. The molecule has 2 rings (SSSR count). The van der Waals surface area contributed by atoms with Gasteiger partial charge in [0.25, 0.3) is 5.91 Å². The van der Waals surface area contributed by atoms with Gasteiger partial charge >= 0.3 is 6.09 Å². The molecule has 0 radical (unpaired) electrons. The lowest BCUT2D eigenvalue weighted by Gasteiger charge is -2.30. The van der Waals surface area contributed by atoms with E-state index in [4.69, 9.17) is 5.11 Å². The third-order valence-electron chi connectivity index (χ3n) is 3.86. The van der Waals surface area contributed by atoms with Gasteiger partial charge in [-0.25, -0.2) is 18.2 Å². The Morgan fingerprint density at radius 3 is 2.48 bits per heavy atom. The second-order valence-electron chi connectivity index (χ2n) is 5.58. The number of hydrogen-bond donors (Lipinski definition) is 2. The van der Waals surface area contributed by atoms with Crippen LogP contribution in [0, 0.1) is 0 Å². The molecule has 0 saturated heterocycles. The molecule has 1 aromatic carbocycles. The fourth-order valence-corrected chi connectivity index (χ4v) is 4.51. The van der Waals surface area contributed by atoms with E-state index in [0.717, 1.165) is 11.3 Å². The molecule has 1 aromatic rings. The van der Waals surface area contributed by atoms with E-state index >= 15 is 0 Å². The highest BCUT2D eigenvalue weighted by Crippen LogP contribution is 2.32. The molecule has 0 saturated carbocycles. The van der Waals surface area contributed by atoms with E-state index in [-0.39, 0.29) is 15.7 Å². The van der Waals surface area contributed by atoms with Crippen LogP contribution >= 0.6 is 11.8 Å². The van der Waals surface area contributed by atoms with E-state index in [1.807, 2.05) is 0 Å². The third kappa shape index (κ3) is 3.10. The topological polar surface area (TPSA) is 128 Å². The number of carbonyl (C=O) groups excluding carboxylic acids is 1. The molecule has 1 heterocycles. The number of amides is 2. The fraction of sp³-hybridized carbons (Fsp3) is 0.357. The Morgan fingerprint density at radius 2 is 2.00 bits per heavy atom. The van der Waals surface area contributed by atoms with Crippen molar-refractivity contribution in [2.24, 2.45) is 5.10 Å². The molecule has 2 amide bonds. The maximum absolute atomic E-state index is 12.4. The number of likely N-dealkylation sites (N-methyl/N-ethyl adjacent to an activating group) is 1. The second kappa shape index (κ2) is 6.32. The Kier molecular flexibility index (Phi) is 4.86. The van der Waals surface area contributed by atoms with Gasteiger partial charge in [-0.1, -0.05) is 6.07 Å². The van der Waals surface area contributed by atoms with E-state index < -0.39 is 27.4 Å². The minimum absolute atomic E-state index is 0.000232. The molecule has 25 heavy (non-hydrogen) atoms. The summed E-state index contributed by atoms with van der Waals surface area (Å²) in [5.74, 6) is -0.731. The van der Waals surface area contributed by atoms with Gasteiger partial charge < -0.3 is 5.11 Å². The molecule has 0 fully saturated rings. The van der Waals surface area contributed by atoms with Crippen LogP contribution < -0.4 is 0 Å². The summed E-state index contributed by atoms with van der Waals surface area (Å²) in [6, 6.07) is 4.29. The highest BCUT2D eigenvalue weighted by atomic mass is 32.2. The molecule has 0 aromatic heterocycles. The van der Waals surface area contributed by atoms with Crippen molar-refractivity contribution in [3.05, 3.63) is 23.8 Å². The van der Waals surface area contributed by atoms with Crippen molar-refractivity contribution in [2.45, 2.75) is 22.3 Å². The van der Waals surface area contributed by atoms with E-state index in [1.165, 1.54) is 43.9 Å². The van der Waals surface area contributed by atoms with Crippen molar-refractivity contribution < 1.29 is 28.3 Å². The maximum atomic E-state index is 12.4. The summed E-state index contributed by atoms with van der Waals surface area (Å²) in [4.78, 5) is 24.1. The van der Waals surface area contributed by atoms with Crippen molar-refractivity contribution in [3.63, 3.8) is 0 Å². The largest absolute Gasteiger partial charge is 0.463 e. The first-order valence-corrected chi connectivity index (χ1v) is 10.0. The molecule has 2 N–H and O–H groups in total. The number of carboxylic acid groups (broad SMARTS) is 1. The monoisotopic (exact) mass is 387 g/mol. The lowest BCUT2D eigenvalue weighted by molar-refractivity contribution is -0.155. The van der Waals surface area contributed by atoms with Crippen molar-refractivity contribution in [1.29, 1.82) is 0 Å². The average molecular weight is 387 g/mol. The van der Waals surface area contributed by atoms with E-state index in [2.05, 4.69) is 5.10 Å². The summed E-state index contributed by atoms with van der Waals surface area (Å²) in [7, 11) is -2.12. The molecule has 136 valence electrons. The normalized spacial score (nSPS) is 20.6. The summed E-state index contributed by atoms with van der Waals surface area (Å²) in [5, 5.41) is 23.9. The molecular weight excluding hydrogens is 370 g/mol. The summed E-state index contributed by atoms with van der Waals surface area (Å²) in [6.45, 7) is 1.23. The highest BCUT2D eigenvalue weighted by Gasteiger charge is 2.53. The summed E-state index contributed by atoms with van der Waals surface area (Å²) in [5.41, 5.74) is -1.61. The van der Waals surface area contributed by atoms with Gasteiger partial charge in [0, 0.05) is 23.8 Å². The lowest BCUT2D eigenvalue weighted by atomic mass is 9.90. The first-order valence-electron chi connectivity index (χ1n) is 6.92. The molecule has 11 heteroatoms. The fourth-order valence-electron chi connectivity index (χ4n) is 2.55. The SMILES string of the molecule is CSc1cc(C2=NN(C)C(=O)C2(C)N(O)C(=O)O)ccc1S(C)(=O)=O. The number of thioether (sulfide) groups is 1. The number of carbonyl (C=O) groups is 2. The van der Waals surface area contributed by atoms with Crippen LogP contribution in [-0.2, 0) is 14.6 Å². The number of sulfone groups is 1. The zero-order valence-corrected chi connectivity index (χ0v) is 15.6. The van der Waals surface area contributed by atoms with E-state index in [1.54, 1.807) is 6.26 Å². The molecule has 1 aliphatic rings. The molecule has 1 aliphatic heterocycles. The Bertz CT molecular complexity index is 883. The minimum Gasteiger partial charge on any atom is -0.463 e. The zero-order valence-electron chi connectivity index (χ0n) is 13.9. The molecular formula is C14H17N3O6S2. The molecule has 0 bridgehead atoms. The second-order valence-corrected chi connectivity index (χ2v) is 8.41. The van der Waals surface area contributed by atoms with Crippen LogP contribution in [0.3, 0.4) is 0 Å². The van der Waals surface area contributed by atoms with Gasteiger partial charge in [-0.2, -0.15) is 10.2 Å². The van der Waals surface area contributed by atoms with Gasteiger partial charge in [0.15, 0.2) is 15.4 Å². The van der Waals surface area contributed by atoms with Crippen molar-refractivity contribution in [3.8, 4) is 0 Å². The highest BCUT2D eigenvalue weighted by molar-refractivity contribution is 7.99. The molecule has 1 unspecified atom stereocenters. The number of rotatable bonds is 4. The predicted molar refractivity (Wildman–Crippen MR) is 90.7 cm³/mol. The minimum atomic E-state index is -3.46. The van der Waals surface area contributed by atoms with Crippen LogP contribution in [0.5, 0.6) is 0 Å². The van der Waals surface area contributed by atoms with Gasteiger partial charge in [-0.05, 0) is 25.3 Å². The number of hydrazone groups is 1. The number of benzene rings is 1. The van der Waals surface area contributed by atoms with Crippen LogP contribution in [0.15, 0.2) is 33.1 Å². The Morgan fingerprint density at radius 1 is 1.40 bits per heavy atom. The summed E-state index contributed by atoms with van der Waals surface area (Å²) < 4.78 is 23.7. The van der Waals surface area contributed by atoms with Gasteiger partial charge in [-0.3, -0.25) is 10.0 Å². The standard InChI is InChI=1S/C14H17N3O6S2/c1-14(17(21)13(19)20)11(15-16(2)12(14)18)8-5-6-10(25(4,22)23)9(7-8)24-3/h5-7,21H,1-4H3,(H,19,20). The Hall–Kier alpha value is -2.11. The van der Waals surface area contributed by atoms with Crippen LogP contribution in [0.2, 0.25) is 0 Å². The van der Waals surface area contributed by atoms with Crippen molar-refractivity contribution in [2.75, 3.05) is 19.6 Å². The van der Waals surface area contributed by atoms with Crippen LogP contribution in [0.4, 0.5) is 4.79 Å². The van der Waals surface area contributed by atoms with E-state index in [9.17, 15) is 23.2 Å². The molecule has 1 atom stereocenters. The predicted octanol–water partition coefficient (Wildman–Crippen LogP) is 1.12. The number of hydrogen-bond acceptors (Lipinski definition) is 7. The van der Waals surface area contributed by atoms with E-state index in [0.29, 0.717) is 10.5 Å². The average Bonchev–Trinajstić information content (AvgIpc) is 2.77. The van der Waals surface area contributed by atoms with Crippen LogP contribution in [-0.4, -0.2) is 71.6 Å². The smallest absolute Gasteiger partial charge is 0.432 e. The molecule has 9 nitrogen and oxygen atoms in total. The van der Waals surface area contributed by atoms with Gasteiger partial charge in [0.2, 0.25) is 0 Å². The van der Waals surface area contributed by atoms with Gasteiger partial charge in [-0.15, -0.1) is 11.8 Å². The first-order chi connectivity index (χ1) is 11.4. The van der Waals surface area contributed by atoms with Gasteiger partial charge in [0.1, 0.15) is 5.71 Å². The summed E-state index contributed by atoms with van der Waals surface area (Å²) >= 11 is 1.19. The first kappa shape index (κ1) is 19.2.